The molecule has 0 unspecified atom stereocenters. The first-order valence-electron chi connectivity index (χ1n) is 5.75. The number of hydrogen-bond acceptors (Lipinski definition) is 1. The molecule has 0 bridgehead atoms. The van der Waals surface area contributed by atoms with Crippen LogP contribution in [0, 0.1) is 0 Å². The molecule has 0 fully saturated rings. The lowest BCUT2D eigenvalue weighted by Gasteiger charge is -2.08. The van der Waals surface area contributed by atoms with Crippen LogP contribution in [-0.2, 0) is 11.3 Å². The molecular formula is C15H15BrO. The maximum absolute atomic E-state index is 5.78. The Kier molecular flexibility index (Phi) is 4.63. The summed E-state index contributed by atoms with van der Waals surface area (Å²) in [4.78, 5) is 0. The number of ether oxygens (including phenoxy) is 1. The van der Waals surface area contributed by atoms with Crippen LogP contribution in [0.3, 0.4) is 0 Å². The molecule has 0 aliphatic heterocycles. The van der Waals surface area contributed by atoms with Gasteiger partial charge in [0.15, 0.2) is 0 Å². The Hall–Kier alpha value is -1.28. The van der Waals surface area contributed by atoms with Crippen LogP contribution in [0.1, 0.15) is 18.4 Å². The van der Waals surface area contributed by atoms with Gasteiger partial charge in [-0.05, 0) is 42.7 Å². The Morgan fingerprint density at radius 3 is 3.00 bits per heavy atom. The zero-order valence-corrected chi connectivity index (χ0v) is 11.2. The molecule has 0 amide bonds. The molecule has 17 heavy (non-hydrogen) atoms. The highest BCUT2D eigenvalue weighted by atomic mass is 79.9. The largest absolute Gasteiger partial charge is 0.489 e. The van der Waals surface area contributed by atoms with Crippen LogP contribution in [0.4, 0.5) is 0 Å². The number of hydrogen-bond donors (Lipinski definition) is 0. The van der Waals surface area contributed by atoms with E-state index in [9.17, 15) is 0 Å². The number of rotatable bonds is 3. The molecule has 0 aromatic heterocycles. The third-order valence-electron chi connectivity index (χ3n) is 2.48. The second kappa shape index (κ2) is 6.45. The fourth-order valence-corrected chi connectivity index (χ4v) is 2.06. The van der Waals surface area contributed by atoms with E-state index in [1.54, 1.807) is 0 Å². The lowest BCUT2D eigenvalue weighted by molar-refractivity contribution is 0.210. The van der Waals surface area contributed by atoms with Gasteiger partial charge in [0.1, 0.15) is 12.4 Å². The van der Waals surface area contributed by atoms with Crippen molar-refractivity contribution in [2.45, 2.75) is 19.4 Å². The molecule has 0 heterocycles. The zero-order chi connectivity index (χ0) is 11.9. The topological polar surface area (TPSA) is 9.23 Å². The minimum absolute atomic E-state index is 0.610. The van der Waals surface area contributed by atoms with Gasteiger partial charge in [-0.15, -0.1) is 0 Å². The third-order valence-corrected chi connectivity index (χ3v) is 2.97. The van der Waals surface area contributed by atoms with E-state index in [0.717, 1.165) is 23.1 Å². The molecule has 1 aliphatic rings. The fraction of sp³-hybridized carbons (Fsp3) is 0.200. The first-order chi connectivity index (χ1) is 8.34. The van der Waals surface area contributed by atoms with Gasteiger partial charge in [0, 0.05) is 4.47 Å². The number of allylic oxidation sites excluding steroid dienone is 5. The van der Waals surface area contributed by atoms with Gasteiger partial charge in [0.25, 0.3) is 0 Å². The predicted octanol–water partition coefficient (Wildman–Crippen LogP) is 4.76. The maximum atomic E-state index is 5.78. The molecule has 0 saturated carbocycles. The second-order valence-corrected chi connectivity index (χ2v) is 4.81. The highest BCUT2D eigenvalue weighted by Crippen LogP contribution is 2.15. The van der Waals surface area contributed by atoms with Crippen molar-refractivity contribution in [3.63, 3.8) is 0 Å². The Morgan fingerprint density at radius 1 is 1.18 bits per heavy atom. The van der Waals surface area contributed by atoms with Crippen molar-refractivity contribution < 1.29 is 4.74 Å². The van der Waals surface area contributed by atoms with Crippen molar-refractivity contribution >= 4 is 15.9 Å². The van der Waals surface area contributed by atoms with Crippen LogP contribution >= 0.6 is 15.9 Å². The summed E-state index contributed by atoms with van der Waals surface area (Å²) in [5.74, 6) is 0.953. The average molecular weight is 291 g/mol. The normalized spacial score (nSPS) is 21.8. The zero-order valence-electron chi connectivity index (χ0n) is 9.60. The van der Waals surface area contributed by atoms with E-state index in [2.05, 4.69) is 46.3 Å². The standard InChI is InChI=1S/C15H15BrO/c16-14-8-6-7-13(11-14)12-17-15-9-4-2-1-3-5-10-15/h1-2,4,6-11H,3,5,12H2/b2-1+,9-4-,15-10+. The van der Waals surface area contributed by atoms with Gasteiger partial charge in [-0.2, -0.15) is 0 Å². The van der Waals surface area contributed by atoms with Crippen molar-refractivity contribution in [3.05, 3.63) is 70.4 Å². The first-order valence-corrected chi connectivity index (χ1v) is 6.54. The molecular weight excluding hydrogens is 276 g/mol. The Balaban J connectivity index is 1.95. The fourth-order valence-electron chi connectivity index (χ4n) is 1.62. The number of halogens is 1. The maximum Gasteiger partial charge on any atom is 0.115 e. The van der Waals surface area contributed by atoms with E-state index >= 15 is 0 Å². The van der Waals surface area contributed by atoms with Crippen LogP contribution in [0.15, 0.2) is 64.9 Å². The quantitative estimate of drug-likeness (QED) is 0.780. The SMILES string of the molecule is Brc1cccc(COC2=C/CC/C=C/C=C\2)c1. The average Bonchev–Trinajstić information content (AvgIpc) is 2.27. The van der Waals surface area contributed by atoms with E-state index in [1.165, 1.54) is 5.56 Å². The molecule has 0 saturated heterocycles. The highest BCUT2D eigenvalue weighted by Gasteiger charge is 1.98. The van der Waals surface area contributed by atoms with Crippen LogP contribution in [0.5, 0.6) is 0 Å². The summed E-state index contributed by atoms with van der Waals surface area (Å²) in [7, 11) is 0. The number of benzene rings is 1. The van der Waals surface area contributed by atoms with Crippen molar-refractivity contribution in [2.24, 2.45) is 0 Å². The highest BCUT2D eigenvalue weighted by molar-refractivity contribution is 9.10. The minimum Gasteiger partial charge on any atom is -0.489 e. The summed E-state index contributed by atoms with van der Waals surface area (Å²) in [5.41, 5.74) is 1.17. The van der Waals surface area contributed by atoms with Gasteiger partial charge in [-0.3, -0.25) is 0 Å². The molecule has 1 aromatic carbocycles. The van der Waals surface area contributed by atoms with Crippen LogP contribution in [-0.4, -0.2) is 0 Å². The molecule has 2 heteroatoms. The van der Waals surface area contributed by atoms with Crippen molar-refractivity contribution in [1.82, 2.24) is 0 Å². The lowest BCUT2D eigenvalue weighted by Crippen LogP contribution is -1.92. The summed E-state index contributed by atoms with van der Waals surface area (Å²) < 4.78 is 6.87. The minimum atomic E-state index is 0.610. The molecule has 1 aromatic rings. The van der Waals surface area contributed by atoms with Crippen molar-refractivity contribution in [2.75, 3.05) is 0 Å². The van der Waals surface area contributed by atoms with Gasteiger partial charge >= 0.3 is 0 Å². The second-order valence-electron chi connectivity index (χ2n) is 3.89. The van der Waals surface area contributed by atoms with E-state index in [-0.39, 0.29) is 0 Å². The Labute approximate surface area is 111 Å². The lowest BCUT2D eigenvalue weighted by atomic mass is 10.2. The van der Waals surface area contributed by atoms with Crippen LogP contribution in [0.2, 0.25) is 0 Å². The van der Waals surface area contributed by atoms with Crippen molar-refractivity contribution in [3.8, 4) is 0 Å². The van der Waals surface area contributed by atoms with Gasteiger partial charge < -0.3 is 4.74 Å². The molecule has 88 valence electrons. The van der Waals surface area contributed by atoms with Crippen LogP contribution < -0.4 is 0 Å². The molecule has 0 radical (unpaired) electrons. The summed E-state index contributed by atoms with van der Waals surface area (Å²) >= 11 is 3.46. The summed E-state index contributed by atoms with van der Waals surface area (Å²) in [6.07, 6.45) is 12.5. The summed E-state index contributed by atoms with van der Waals surface area (Å²) in [6, 6.07) is 8.18. The predicted molar refractivity (Wildman–Crippen MR) is 74.5 cm³/mol. The molecule has 0 atom stereocenters. The summed E-state index contributed by atoms with van der Waals surface area (Å²) in [5, 5.41) is 0. The third kappa shape index (κ3) is 4.23. The van der Waals surface area contributed by atoms with Gasteiger partial charge in [0.2, 0.25) is 0 Å². The smallest absolute Gasteiger partial charge is 0.115 e. The van der Waals surface area contributed by atoms with Gasteiger partial charge in [-0.1, -0.05) is 46.3 Å². The van der Waals surface area contributed by atoms with Gasteiger partial charge in [-0.25, -0.2) is 0 Å². The Bertz CT molecular complexity index is 458. The first kappa shape index (κ1) is 12.2. The van der Waals surface area contributed by atoms with Crippen molar-refractivity contribution in [1.29, 1.82) is 0 Å². The molecule has 0 N–H and O–H groups in total. The van der Waals surface area contributed by atoms with Gasteiger partial charge in [0.05, 0.1) is 0 Å². The van der Waals surface area contributed by atoms with E-state index in [4.69, 9.17) is 4.74 Å². The molecule has 0 spiro atoms. The molecule has 2 rings (SSSR count). The summed E-state index contributed by atoms with van der Waals surface area (Å²) in [6.45, 7) is 0.610. The van der Waals surface area contributed by atoms with E-state index in [0.29, 0.717) is 6.61 Å². The molecule has 1 nitrogen and oxygen atoms in total. The monoisotopic (exact) mass is 290 g/mol. The molecule has 1 aliphatic carbocycles. The van der Waals surface area contributed by atoms with E-state index < -0.39 is 0 Å². The van der Waals surface area contributed by atoms with E-state index in [1.807, 2.05) is 24.3 Å². The van der Waals surface area contributed by atoms with Crippen LogP contribution in [0.25, 0.3) is 0 Å². The Morgan fingerprint density at radius 2 is 2.12 bits per heavy atom.